The maximum atomic E-state index is 13.1. The zero-order chi connectivity index (χ0) is 16.3. The summed E-state index contributed by atoms with van der Waals surface area (Å²) in [6.07, 6.45) is 4.09. The monoisotopic (exact) mass is 349 g/mol. The van der Waals surface area contributed by atoms with Crippen LogP contribution in [0.4, 0.5) is 0 Å². The predicted octanol–water partition coefficient (Wildman–Crippen LogP) is 4.50. The van der Waals surface area contributed by atoms with Gasteiger partial charge < -0.3 is 0 Å². The fourth-order valence-electron chi connectivity index (χ4n) is 3.27. The lowest BCUT2D eigenvalue weighted by Crippen LogP contribution is -2.35. The van der Waals surface area contributed by atoms with Crippen molar-refractivity contribution in [2.45, 2.75) is 44.4 Å². The summed E-state index contributed by atoms with van der Waals surface area (Å²) in [7, 11) is -3.31. The molecule has 3 nitrogen and oxygen atoms in total. The Bertz CT molecular complexity index is 737. The lowest BCUT2D eigenvalue weighted by molar-refractivity contribution is 0.332. The Morgan fingerprint density at radius 3 is 2.61 bits per heavy atom. The summed E-state index contributed by atoms with van der Waals surface area (Å²) in [5, 5.41) is 2.07. The Morgan fingerprint density at radius 1 is 1.13 bits per heavy atom. The fraction of sp³-hybridized carbons (Fsp3) is 0.444. The van der Waals surface area contributed by atoms with Crippen LogP contribution in [-0.4, -0.2) is 19.3 Å². The Balaban J connectivity index is 1.91. The molecule has 0 spiro atoms. The van der Waals surface area contributed by atoms with E-state index in [2.05, 4.69) is 18.4 Å². The van der Waals surface area contributed by atoms with Gasteiger partial charge in [-0.3, -0.25) is 0 Å². The van der Waals surface area contributed by atoms with E-state index in [4.69, 9.17) is 0 Å². The van der Waals surface area contributed by atoms with E-state index >= 15 is 0 Å². The predicted molar refractivity (Wildman–Crippen MR) is 96.0 cm³/mol. The first-order chi connectivity index (χ1) is 11.1. The van der Waals surface area contributed by atoms with Crippen molar-refractivity contribution in [2.75, 3.05) is 6.54 Å². The highest BCUT2D eigenvalue weighted by molar-refractivity contribution is 7.88. The summed E-state index contributed by atoms with van der Waals surface area (Å²) in [5.74, 6) is 0.0920. The zero-order valence-electron chi connectivity index (χ0n) is 13.4. The highest BCUT2D eigenvalue weighted by atomic mass is 32.2. The summed E-state index contributed by atoms with van der Waals surface area (Å²) in [4.78, 5) is 1.21. The van der Waals surface area contributed by atoms with E-state index in [-0.39, 0.29) is 11.8 Å². The molecule has 0 unspecified atom stereocenters. The fourth-order valence-corrected chi connectivity index (χ4v) is 6.20. The van der Waals surface area contributed by atoms with Gasteiger partial charge >= 0.3 is 0 Å². The molecule has 0 N–H and O–H groups in total. The SMILES string of the molecule is Cc1ccsc1[C@H]1CCCCCN1S(=O)(=O)Cc1ccccc1. The van der Waals surface area contributed by atoms with Crippen molar-refractivity contribution < 1.29 is 8.42 Å². The van der Waals surface area contributed by atoms with Crippen molar-refractivity contribution in [3.63, 3.8) is 0 Å². The van der Waals surface area contributed by atoms with Gasteiger partial charge in [-0.1, -0.05) is 43.2 Å². The first-order valence-corrected chi connectivity index (χ1v) is 10.6. The summed E-state index contributed by atoms with van der Waals surface area (Å²) in [6.45, 7) is 2.72. The van der Waals surface area contributed by atoms with Gasteiger partial charge in [-0.15, -0.1) is 11.3 Å². The summed E-state index contributed by atoms with van der Waals surface area (Å²) in [6, 6.07) is 11.6. The molecule has 0 saturated carbocycles. The normalized spacial score (nSPS) is 20.3. The topological polar surface area (TPSA) is 37.4 Å². The van der Waals surface area contributed by atoms with Crippen LogP contribution in [-0.2, 0) is 15.8 Å². The number of nitrogens with zero attached hydrogens (tertiary/aromatic N) is 1. The third-order valence-corrected chi connectivity index (χ3v) is 7.43. The molecule has 0 radical (unpaired) electrons. The van der Waals surface area contributed by atoms with Gasteiger partial charge in [0, 0.05) is 11.4 Å². The third kappa shape index (κ3) is 3.84. The van der Waals surface area contributed by atoms with Crippen LogP contribution in [0.25, 0.3) is 0 Å². The van der Waals surface area contributed by atoms with Crippen LogP contribution < -0.4 is 0 Å². The zero-order valence-corrected chi connectivity index (χ0v) is 15.1. The highest BCUT2D eigenvalue weighted by Crippen LogP contribution is 2.37. The number of hydrogen-bond donors (Lipinski definition) is 0. The maximum absolute atomic E-state index is 13.1. The van der Waals surface area contributed by atoms with E-state index in [1.54, 1.807) is 15.6 Å². The van der Waals surface area contributed by atoms with E-state index in [0.29, 0.717) is 6.54 Å². The summed E-state index contributed by atoms with van der Waals surface area (Å²) in [5.41, 5.74) is 2.07. The Morgan fingerprint density at radius 2 is 1.91 bits per heavy atom. The van der Waals surface area contributed by atoms with Crippen LogP contribution in [0.15, 0.2) is 41.8 Å². The first kappa shape index (κ1) is 16.7. The molecule has 2 aromatic rings. The van der Waals surface area contributed by atoms with Crippen molar-refractivity contribution in [2.24, 2.45) is 0 Å². The van der Waals surface area contributed by atoms with E-state index < -0.39 is 10.0 Å². The molecule has 1 fully saturated rings. The Kier molecular flexibility index (Phi) is 5.19. The molecule has 1 aliphatic rings. The lowest BCUT2D eigenvalue weighted by atomic mass is 10.1. The second kappa shape index (κ2) is 7.16. The Labute approximate surface area is 143 Å². The number of thiophene rings is 1. The van der Waals surface area contributed by atoms with Gasteiger partial charge in [0.25, 0.3) is 0 Å². The van der Waals surface area contributed by atoms with Gasteiger partial charge in [0.2, 0.25) is 10.0 Å². The number of benzene rings is 1. The average molecular weight is 350 g/mol. The lowest BCUT2D eigenvalue weighted by Gasteiger charge is -2.29. The quantitative estimate of drug-likeness (QED) is 0.815. The molecule has 5 heteroatoms. The van der Waals surface area contributed by atoms with Crippen LogP contribution >= 0.6 is 11.3 Å². The van der Waals surface area contributed by atoms with Gasteiger partial charge in [-0.05, 0) is 42.3 Å². The van der Waals surface area contributed by atoms with Crippen molar-refractivity contribution >= 4 is 21.4 Å². The molecule has 0 amide bonds. The molecule has 1 aromatic heterocycles. The molecular weight excluding hydrogens is 326 g/mol. The number of aryl methyl sites for hydroxylation is 1. The van der Waals surface area contributed by atoms with Crippen LogP contribution in [0.1, 0.15) is 47.7 Å². The number of hydrogen-bond acceptors (Lipinski definition) is 3. The molecule has 124 valence electrons. The number of sulfonamides is 1. The van der Waals surface area contributed by atoms with Gasteiger partial charge in [0.05, 0.1) is 11.8 Å². The minimum Gasteiger partial charge on any atom is -0.212 e. The van der Waals surface area contributed by atoms with Crippen molar-refractivity contribution in [3.05, 3.63) is 57.8 Å². The van der Waals surface area contributed by atoms with Gasteiger partial charge in [-0.2, -0.15) is 4.31 Å². The Hall–Kier alpha value is -1.17. The largest absolute Gasteiger partial charge is 0.218 e. The summed E-state index contributed by atoms with van der Waals surface area (Å²) >= 11 is 1.69. The molecule has 1 aliphatic heterocycles. The van der Waals surface area contributed by atoms with Gasteiger partial charge in [0.1, 0.15) is 0 Å². The second-order valence-corrected chi connectivity index (χ2v) is 9.05. The van der Waals surface area contributed by atoms with Crippen molar-refractivity contribution in [1.29, 1.82) is 0 Å². The number of rotatable bonds is 4. The van der Waals surface area contributed by atoms with Crippen molar-refractivity contribution in [3.8, 4) is 0 Å². The van der Waals surface area contributed by atoms with Crippen LogP contribution in [0.3, 0.4) is 0 Å². The molecular formula is C18H23NO2S2. The molecule has 0 aliphatic carbocycles. The molecule has 1 aromatic carbocycles. The highest BCUT2D eigenvalue weighted by Gasteiger charge is 2.33. The van der Waals surface area contributed by atoms with Crippen LogP contribution in [0.2, 0.25) is 0 Å². The summed E-state index contributed by atoms with van der Waals surface area (Å²) < 4.78 is 27.9. The molecule has 1 saturated heterocycles. The molecule has 23 heavy (non-hydrogen) atoms. The second-order valence-electron chi connectivity index (χ2n) is 6.19. The van der Waals surface area contributed by atoms with E-state index in [9.17, 15) is 8.42 Å². The van der Waals surface area contributed by atoms with Crippen LogP contribution in [0, 0.1) is 6.92 Å². The maximum Gasteiger partial charge on any atom is 0.218 e. The van der Waals surface area contributed by atoms with Gasteiger partial charge in [0.15, 0.2) is 0 Å². The van der Waals surface area contributed by atoms with Crippen molar-refractivity contribution in [1.82, 2.24) is 4.31 Å². The minimum absolute atomic E-state index is 0.00575. The average Bonchev–Trinajstić information content (AvgIpc) is 2.80. The van der Waals surface area contributed by atoms with E-state index in [1.807, 2.05) is 30.3 Å². The third-order valence-electron chi connectivity index (χ3n) is 4.46. The molecule has 3 rings (SSSR count). The van der Waals surface area contributed by atoms with E-state index in [0.717, 1.165) is 31.2 Å². The molecule has 2 heterocycles. The van der Waals surface area contributed by atoms with Gasteiger partial charge in [-0.25, -0.2) is 8.42 Å². The molecule has 0 bridgehead atoms. The standard InChI is InChI=1S/C18H23NO2S2/c1-15-11-13-22-18(15)17-10-6-3-7-12-19(17)23(20,21)14-16-8-4-2-5-9-16/h2,4-5,8-9,11,13,17H,3,6-7,10,12,14H2,1H3/t17-/m1/s1. The smallest absolute Gasteiger partial charge is 0.212 e. The van der Waals surface area contributed by atoms with Crippen LogP contribution in [0.5, 0.6) is 0 Å². The molecule has 1 atom stereocenters. The first-order valence-electron chi connectivity index (χ1n) is 8.15. The minimum atomic E-state index is -3.31. The van der Waals surface area contributed by atoms with E-state index in [1.165, 1.54) is 10.4 Å².